The van der Waals surface area contributed by atoms with Crippen LogP contribution >= 0.6 is 0 Å². The number of hydrogen-bond acceptors (Lipinski definition) is 6. The summed E-state index contributed by atoms with van der Waals surface area (Å²) in [5.41, 5.74) is 3.77. The van der Waals surface area contributed by atoms with E-state index in [-0.39, 0.29) is 12.5 Å². The van der Waals surface area contributed by atoms with E-state index in [1.165, 1.54) is 12.1 Å². The number of fused-ring (bicyclic) bond motifs is 1. The van der Waals surface area contributed by atoms with Gasteiger partial charge in [0.15, 0.2) is 5.65 Å². The van der Waals surface area contributed by atoms with Gasteiger partial charge >= 0.3 is 0 Å². The average Bonchev–Trinajstić information content (AvgIpc) is 3.24. The molecule has 1 fully saturated rings. The normalized spacial score (nSPS) is 14.7. The minimum atomic E-state index is -0.329. The van der Waals surface area contributed by atoms with Crippen LogP contribution in [0.3, 0.4) is 0 Å². The van der Waals surface area contributed by atoms with Crippen LogP contribution in [0.25, 0.3) is 28.2 Å². The van der Waals surface area contributed by atoms with E-state index in [4.69, 9.17) is 14.8 Å². The van der Waals surface area contributed by atoms with Crippen LogP contribution in [0.1, 0.15) is 0 Å². The Morgan fingerprint density at radius 3 is 2.48 bits per heavy atom. The molecule has 3 aromatic heterocycles. The molecule has 4 aromatic rings. The molecule has 0 amide bonds. The van der Waals surface area contributed by atoms with Crippen LogP contribution in [-0.2, 0) is 0 Å². The second kappa shape index (κ2) is 9.11. The lowest BCUT2D eigenvalue weighted by Gasteiger charge is -2.34. The summed E-state index contributed by atoms with van der Waals surface area (Å²) in [6.45, 7) is 3.28. The quantitative estimate of drug-likeness (QED) is 0.447. The molecular weight excluding hydrogens is 426 g/mol. The smallest absolute Gasteiger partial charge is 0.213 e. The summed E-state index contributed by atoms with van der Waals surface area (Å²) in [6, 6.07) is 13.9. The van der Waals surface area contributed by atoms with Crippen LogP contribution in [-0.4, -0.2) is 71.0 Å². The molecule has 0 aliphatic carbocycles. The van der Waals surface area contributed by atoms with Crippen LogP contribution in [0.5, 0.6) is 5.88 Å². The summed E-state index contributed by atoms with van der Waals surface area (Å²) in [5.74, 6) is 1.00. The molecule has 0 spiro atoms. The zero-order valence-corrected chi connectivity index (χ0v) is 18.3. The Labute approximate surface area is 190 Å². The second-order valence-electron chi connectivity index (χ2n) is 7.88. The van der Waals surface area contributed by atoms with Crippen molar-refractivity contribution in [2.75, 3.05) is 51.4 Å². The number of hydrogen-bond donors (Lipinski definition) is 0. The molecule has 7 nitrogen and oxygen atoms in total. The van der Waals surface area contributed by atoms with Gasteiger partial charge in [-0.3, -0.25) is 4.90 Å². The Bertz CT molecular complexity index is 1250. The van der Waals surface area contributed by atoms with E-state index in [0.29, 0.717) is 23.8 Å². The Morgan fingerprint density at radius 2 is 1.76 bits per heavy atom. The molecule has 0 radical (unpaired) electrons. The van der Waals surface area contributed by atoms with Crippen molar-refractivity contribution in [3.63, 3.8) is 0 Å². The molecular formula is C24H24F2N6O. The van der Waals surface area contributed by atoms with Crippen molar-refractivity contribution in [3.8, 4) is 28.4 Å². The molecule has 33 heavy (non-hydrogen) atoms. The molecule has 1 aliphatic rings. The van der Waals surface area contributed by atoms with Crippen LogP contribution in [0.15, 0.2) is 54.7 Å². The monoisotopic (exact) mass is 450 g/mol. The number of nitrogens with zero attached hydrogens (tertiary/aromatic N) is 6. The van der Waals surface area contributed by atoms with Crippen molar-refractivity contribution in [2.45, 2.75) is 0 Å². The van der Waals surface area contributed by atoms with E-state index in [1.54, 1.807) is 25.4 Å². The van der Waals surface area contributed by atoms with E-state index in [0.717, 1.165) is 48.8 Å². The first-order valence-corrected chi connectivity index (χ1v) is 10.9. The molecule has 0 atom stereocenters. The molecule has 9 heteroatoms. The third-order valence-electron chi connectivity index (χ3n) is 5.90. The van der Waals surface area contributed by atoms with E-state index in [9.17, 15) is 8.78 Å². The first-order valence-electron chi connectivity index (χ1n) is 10.9. The Kier molecular flexibility index (Phi) is 5.87. The number of anilines is 1. The van der Waals surface area contributed by atoms with Gasteiger partial charge in [0, 0.05) is 56.1 Å². The van der Waals surface area contributed by atoms with Gasteiger partial charge < -0.3 is 9.64 Å². The summed E-state index contributed by atoms with van der Waals surface area (Å²) in [5, 5.41) is 4.92. The number of benzene rings is 1. The van der Waals surface area contributed by atoms with Gasteiger partial charge in [0.2, 0.25) is 5.88 Å². The second-order valence-corrected chi connectivity index (χ2v) is 7.88. The molecule has 5 rings (SSSR count). The number of ether oxygens (including phenoxy) is 1. The zero-order valence-electron chi connectivity index (χ0n) is 18.3. The first-order chi connectivity index (χ1) is 16.2. The van der Waals surface area contributed by atoms with E-state index >= 15 is 0 Å². The number of pyridine rings is 1. The van der Waals surface area contributed by atoms with Crippen molar-refractivity contribution in [1.29, 1.82) is 0 Å². The number of imidazole rings is 1. The fraction of sp³-hybridized carbons (Fsp3) is 0.292. The van der Waals surface area contributed by atoms with Crippen molar-refractivity contribution in [3.05, 3.63) is 60.5 Å². The van der Waals surface area contributed by atoms with E-state index in [2.05, 4.69) is 14.8 Å². The number of rotatable bonds is 6. The van der Waals surface area contributed by atoms with Crippen molar-refractivity contribution >= 4 is 11.5 Å². The molecule has 0 bridgehead atoms. The van der Waals surface area contributed by atoms with E-state index in [1.807, 2.05) is 28.8 Å². The van der Waals surface area contributed by atoms with Crippen molar-refractivity contribution < 1.29 is 13.5 Å². The highest BCUT2D eigenvalue weighted by Crippen LogP contribution is 2.34. The summed E-state index contributed by atoms with van der Waals surface area (Å²) >= 11 is 0. The van der Waals surface area contributed by atoms with Gasteiger partial charge in [-0.25, -0.2) is 23.3 Å². The average molecular weight is 450 g/mol. The lowest BCUT2D eigenvalue weighted by Crippen LogP contribution is -2.47. The molecule has 0 N–H and O–H groups in total. The molecule has 1 aromatic carbocycles. The highest BCUT2D eigenvalue weighted by atomic mass is 19.1. The molecule has 0 saturated carbocycles. The summed E-state index contributed by atoms with van der Waals surface area (Å²) in [4.78, 5) is 13.3. The van der Waals surface area contributed by atoms with E-state index < -0.39 is 0 Å². The summed E-state index contributed by atoms with van der Waals surface area (Å²) in [7, 11) is 1.57. The molecule has 0 unspecified atom stereocenters. The fourth-order valence-electron chi connectivity index (χ4n) is 4.15. The van der Waals surface area contributed by atoms with Gasteiger partial charge in [0.05, 0.1) is 12.8 Å². The van der Waals surface area contributed by atoms with Gasteiger partial charge in [-0.2, -0.15) is 0 Å². The third kappa shape index (κ3) is 4.23. The maximum absolute atomic E-state index is 13.6. The van der Waals surface area contributed by atoms with Gasteiger partial charge in [0.25, 0.3) is 0 Å². The molecule has 1 aliphatic heterocycles. The zero-order chi connectivity index (χ0) is 22.8. The highest BCUT2D eigenvalue weighted by Gasteiger charge is 2.21. The van der Waals surface area contributed by atoms with Crippen molar-refractivity contribution in [1.82, 2.24) is 24.5 Å². The molecule has 1 saturated heterocycles. The summed E-state index contributed by atoms with van der Waals surface area (Å²) < 4.78 is 33.4. The highest BCUT2D eigenvalue weighted by molar-refractivity contribution is 5.82. The summed E-state index contributed by atoms with van der Waals surface area (Å²) in [6.07, 6.45) is 1.68. The van der Waals surface area contributed by atoms with Gasteiger partial charge in [-0.1, -0.05) is 0 Å². The fourth-order valence-corrected chi connectivity index (χ4v) is 4.15. The van der Waals surface area contributed by atoms with Crippen LogP contribution in [0.2, 0.25) is 0 Å². The van der Waals surface area contributed by atoms with Crippen LogP contribution in [0.4, 0.5) is 14.6 Å². The minimum Gasteiger partial charge on any atom is -0.481 e. The number of methoxy groups -OCH3 is 1. The van der Waals surface area contributed by atoms with Crippen molar-refractivity contribution in [2.24, 2.45) is 0 Å². The minimum absolute atomic E-state index is 0.304. The lowest BCUT2D eigenvalue weighted by molar-refractivity contribution is 0.235. The maximum atomic E-state index is 13.6. The molecule has 4 heterocycles. The Morgan fingerprint density at radius 1 is 0.970 bits per heavy atom. The predicted molar refractivity (Wildman–Crippen MR) is 123 cm³/mol. The number of aromatic nitrogens is 4. The lowest BCUT2D eigenvalue weighted by atomic mass is 10.1. The predicted octanol–water partition coefficient (Wildman–Crippen LogP) is 3.70. The number of halogens is 2. The standard InChI is InChI=1S/C24H24F2N6O/c1-33-22-16-18(8-10-27-22)24-23(17-2-4-19(26)5-3-17)28-20-6-7-21(29-32(20)24)31-14-12-30(11-9-25)13-15-31/h2-8,10,16H,9,11-15H2,1H3. The van der Waals surface area contributed by atoms with Gasteiger partial charge in [0.1, 0.15) is 24.0 Å². The number of alkyl halides is 1. The Hall–Kier alpha value is -3.59. The topological polar surface area (TPSA) is 58.8 Å². The third-order valence-corrected chi connectivity index (χ3v) is 5.90. The SMILES string of the molecule is COc1cc(-c2c(-c3ccc(F)cc3)nc3ccc(N4CCN(CCF)CC4)nn23)ccn1. The molecule has 170 valence electrons. The Balaban J connectivity index is 1.61. The maximum Gasteiger partial charge on any atom is 0.213 e. The van der Waals surface area contributed by atoms with Crippen LogP contribution in [0, 0.1) is 5.82 Å². The number of piperazine rings is 1. The largest absolute Gasteiger partial charge is 0.481 e. The van der Waals surface area contributed by atoms with Gasteiger partial charge in [-0.15, -0.1) is 5.10 Å². The van der Waals surface area contributed by atoms with Crippen LogP contribution < -0.4 is 9.64 Å². The first kappa shape index (κ1) is 21.3. The van der Waals surface area contributed by atoms with Gasteiger partial charge in [-0.05, 0) is 42.5 Å².